The van der Waals surface area contributed by atoms with Crippen molar-refractivity contribution in [2.75, 3.05) is 5.32 Å². The molecule has 0 aliphatic heterocycles. The lowest BCUT2D eigenvalue weighted by Crippen LogP contribution is -2.15. The number of benzene rings is 1. The molecule has 1 N–H and O–H groups in total. The van der Waals surface area contributed by atoms with Gasteiger partial charge < -0.3 is 5.32 Å². The normalized spacial score (nSPS) is 19.0. The van der Waals surface area contributed by atoms with Crippen LogP contribution < -0.4 is 5.32 Å². The summed E-state index contributed by atoms with van der Waals surface area (Å²) < 4.78 is 1.56. The van der Waals surface area contributed by atoms with Crippen LogP contribution in [0.25, 0.3) is 5.82 Å². The summed E-state index contributed by atoms with van der Waals surface area (Å²) >= 11 is 5.90. The number of pyridine rings is 1. The first-order chi connectivity index (χ1) is 11.7. The van der Waals surface area contributed by atoms with E-state index in [0.29, 0.717) is 16.5 Å². The Morgan fingerprint density at radius 3 is 2.71 bits per heavy atom. The van der Waals surface area contributed by atoms with Crippen LogP contribution in [0.2, 0.25) is 5.02 Å². The van der Waals surface area contributed by atoms with Gasteiger partial charge in [0.25, 0.3) is 0 Å². The maximum atomic E-state index is 12.3. The molecular weight excluding hydrogens is 326 g/mol. The van der Waals surface area contributed by atoms with Crippen LogP contribution in [0.4, 0.5) is 5.69 Å². The third-order valence-corrected chi connectivity index (χ3v) is 4.35. The predicted molar refractivity (Wildman–Crippen MR) is 90.1 cm³/mol. The molecule has 3 aromatic rings. The maximum absolute atomic E-state index is 12.3. The number of amides is 1. The van der Waals surface area contributed by atoms with Crippen molar-refractivity contribution in [2.24, 2.45) is 5.92 Å². The van der Waals surface area contributed by atoms with Crippen molar-refractivity contribution in [1.82, 2.24) is 19.7 Å². The Morgan fingerprint density at radius 1 is 1.21 bits per heavy atom. The van der Waals surface area contributed by atoms with Crippen LogP contribution >= 0.6 is 11.6 Å². The first-order valence-corrected chi connectivity index (χ1v) is 7.96. The number of hydrogen-bond donors (Lipinski definition) is 1. The van der Waals surface area contributed by atoms with Crippen molar-refractivity contribution in [3.63, 3.8) is 0 Å². The van der Waals surface area contributed by atoms with E-state index in [-0.39, 0.29) is 17.7 Å². The van der Waals surface area contributed by atoms with Crippen molar-refractivity contribution < 1.29 is 4.79 Å². The Kier molecular flexibility index (Phi) is 3.74. The van der Waals surface area contributed by atoms with E-state index in [9.17, 15) is 4.79 Å². The molecular formula is C17H14ClN5O. The highest BCUT2D eigenvalue weighted by Gasteiger charge is 2.43. The molecule has 1 amide bonds. The van der Waals surface area contributed by atoms with Gasteiger partial charge in [-0.3, -0.25) is 4.79 Å². The number of nitrogens with zero attached hydrogens (tertiary/aromatic N) is 4. The number of carbonyl (C=O) groups excluding carboxylic acids is 1. The van der Waals surface area contributed by atoms with Crippen LogP contribution in [0.1, 0.15) is 17.9 Å². The molecule has 1 fully saturated rings. The van der Waals surface area contributed by atoms with Gasteiger partial charge in [0.15, 0.2) is 5.82 Å². The Morgan fingerprint density at radius 2 is 2.04 bits per heavy atom. The first kappa shape index (κ1) is 14.8. The minimum absolute atomic E-state index is 0.00108. The second kappa shape index (κ2) is 6.05. The molecule has 0 radical (unpaired) electrons. The van der Waals surface area contributed by atoms with Crippen molar-refractivity contribution in [1.29, 1.82) is 0 Å². The molecule has 0 spiro atoms. The molecule has 1 aliphatic carbocycles. The molecule has 1 aliphatic rings. The summed E-state index contributed by atoms with van der Waals surface area (Å²) in [7, 11) is 0. The molecule has 4 rings (SSSR count). The number of anilines is 1. The van der Waals surface area contributed by atoms with Crippen LogP contribution in [0.3, 0.4) is 0 Å². The molecule has 2 heterocycles. The summed E-state index contributed by atoms with van der Waals surface area (Å²) in [5.41, 5.74) is 1.82. The number of rotatable bonds is 4. The lowest BCUT2D eigenvalue weighted by Gasteiger charge is -2.06. The predicted octanol–water partition coefficient (Wildman–Crippen LogP) is 3.06. The molecule has 1 saturated carbocycles. The molecule has 7 heteroatoms. The Labute approximate surface area is 143 Å². The standard InChI is InChI=1S/C17H14ClN5O/c18-12-3-1-11(2-4-12)14-7-15(14)17(24)22-13-5-6-16(20-8-13)23-10-19-9-21-23/h1-6,8-10,14-15H,7H2,(H,22,24)/t14-,15-/m1/s1. The lowest BCUT2D eigenvalue weighted by atomic mass is 10.1. The average Bonchev–Trinajstić information content (AvgIpc) is 3.21. The van der Waals surface area contributed by atoms with E-state index in [1.54, 1.807) is 23.3 Å². The summed E-state index contributed by atoms with van der Waals surface area (Å²) in [4.78, 5) is 20.5. The molecule has 2 aromatic heterocycles. The molecule has 6 nitrogen and oxygen atoms in total. The molecule has 120 valence electrons. The van der Waals surface area contributed by atoms with E-state index in [2.05, 4.69) is 20.4 Å². The maximum Gasteiger partial charge on any atom is 0.228 e. The van der Waals surface area contributed by atoms with Gasteiger partial charge in [-0.15, -0.1) is 0 Å². The van der Waals surface area contributed by atoms with Crippen molar-refractivity contribution >= 4 is 23.2 Å². The molecule has 24 heavy (non-hydrogen) atoms. The van der Waals surface area contributed by atoms with Gasteiger partial charge in [-0.05, 0) is 42.2 Å². The Bertz CT molecular complexity index is 846. The first-order valence-electron chi connectivity index (χ1n) is 7.58. The summed E-state index contributed by atoms with van der Waals surface area (Å²) in [6.45, 7) is 0. The Balaban J connectivity index is 1.39. The highest BCUT2D eigenvalue weighted by Crippen LogP contribution is 2.48. The number of nitrogens with one attached hydrogen (secondary N) is 1. The van der Waals surface area contributed by atoms with E-state index >= 15 is 0 Å². The molecule has 0 bridgehead atoms. The zero-order valence-electron chi connectivity index (χ0n) is 12.6. The van der Waals surface area contributed by atoms with Gasteiger partial charge in [-0.1, -0.05) is 23.7 Å². The number of halogens is 1. The molecule has 0 saturated heterocycles. The second-order valence-corrected chi connectivity index (χ2v) is 6.17. The van der Waals surface area contributed by atoms with E-state index in [4.69, 9.17) is 11.6 Å². The third kappa shape index (κ3) is 3.00. The van der Waals surface area contributed by atoms with Gasteiger partial charge in [0.2, 0.25) is 5.91 Å². The van der Waals surface area contributed by atoms with Crippen molar-refractivity contribution in [2.45, 2.75) is 12.3 Å². The van der Waals surface area contributed by atoms with Crippen molar-refractivity contribution in [3.05, 3.63) is 65.8 Å². The minimum Gasteiger partial charge on any atom is -0.324 e. The molecule has 2 atom stereocenters. The fraction of sp³-hybridized carbons (Fsp3) is 0.176. The highest BCUT2D eigenvalue weighted by atomic mass is 35.5. The van der Waals surface area contributed by atoms with E-state index < -0.39 is 0 Å². The largest absolute Gasteiger partial charge is 0.324 e. The van der Waals surface area contributed by atoms with Crippen LogP contribution in [0.15, 0.2) is 55.2 Å². The lowest BCUT2D eigenvalue weighted by molar-refractivity contribution is -0.117. The van der Waals surface area contributed by atoms with Crippen LogP contribution in [0, 0.1) is 5.92 Å². The van der Waals surface area contributed by atoms with E-state index in [1.165, 1.54) is 6.33 Å². The fourth-order valence-corrected chi connectivity index (χ4v) is 2.85. The quantitative estimate of drug-likeness (QED) is 0.793. The van der Waals surface area contributed by atoms with E-state index in [0.717, 1.165) is 12.0 Å². The van der Waals surface area contributed by atoms with Gasteiger partial charge in [0.05, 0.1) is 11.9 Å². The van der Waals surface area contributed by atoms with Gasteiger partial charge in [0.1, 0.15) is 12.7 Å². The fourth-order valence-electron chi connectivity index (χ4n) is 2.72. The van der Waals surface area contributed by atoms with Crippen molar-refractivity contribution in [3.8, 4) is 5.82 Å². The van der Waals surface area contributed by atoms with Crippen LogP contribution in [0.5, 0.6) is 0 Å². The summed E-state index contributed by atoms with van der Waals surface area (Å²) in [5.74, 6) is 0.937. The van der Waals surface area contributed by atoms with E-state index in [1.807, 2.05) is 30.3 Å². The van der Waals surface area contributed by atoms with Crippen LogP contribution in [-0.2, 0) is 4.79 Å². The summed E-state index contributed by atoms with van der Waals surface area (Å²) in [6, 6.07) is 11.3. The third-order valence-electron chi connectivity index (χ3n) is 4.09. The van der Waals surface area contributed by atoms with Gasteiger partial charge in [-0.2, -0.15) is 5.10 Å². The second-order valence-electron chi connectivity index (χ2n) is 5.73. The summed E-state index contributed by atoms with van der Waals surface area (Å²) in [5, 5.41) is 7.63. The van der Waals surface area contributed by atoms with Gasteiger partial charge in [-0.25, -0.2) is 14.6 Å². The highest BCUT2D eigenvalue weighted by molar-refractivity contribution is 6.30. The molecule has 1 aromatic carbocycles. The smallest absolute Gasteiger partial charge is 0.228 e. The zero-order chi connectivity index (χ0) is 16.5. The summed E-state index contributed by atoms with van der Waals surface area (Å²) in [6.07, 6.45) is 5.50. The number of hydrogen-bond acceptors (Lipinski definition) is 4. The van der Waals surface area contributed by atoms with Gasteiger partial charge in [0, 0.05) is 10.9 Å². The zero-order valence-corrected chi connectivity index (χ0v) is 13.4. The minimum atomic E-state index is 0.00108. The van der Waals surface area contributed by atoms with Crippen LogP contribution in [-0.4, -0.2) is 25.7 Å². The topological polar surface area (TPSA) is 72.7 Å². The molecule has 0 unspecified atom stereocenters. The number of carbonyl (C=O) groups is 1. The Hall–Kier alpha value is -2.73. The average molecular weight is 340 g/mol. The SMILES string of the molecule is O=C(Nc1ccc(-n2cncn2)nc1)[C@@H]1C[C@@H]1c1ccc(Cl)cc1. The number of aromatic nitrogens is 4. The monoisotopic (exact) mass is 339 g/mol. The van der Waals surface area contributed by atoms with Gasteiger partial charge >= 0.3 is 0 Å².